The van der Waals surface area contributed by atoms with Crippen LogP contribution in [0.4, 0.5) is 0 Å². The van der Waals surface area contributed by atoms with Gasteiger partial charge in [-0.15, -0.1) is 0 Å². The molecule has 1 nitrogen and oxygen atoms in total. The predicted octanol–water partition coefficient (Wildman–Crippen LogP) is 8.37. The number of fused-ring (bicyclic) bond motifs is 4. The second-order valence-corrected chi connectivity index (χ2v) is 8.42. The van der Waals surface area contributed by atoms with Gasteiger partial charge >= 0.3 is 0 Å². The van der Waals surface area contributed by atoms with Crippen LogP contribution in [-0.2, 0) is 0 Å². The van der Waals surface area contributed by atoms with Crippen molar-refractivity contribution in [3.05, 3.63) is 114 Å². The second-order valence-electron chi connectivity index (χ2n) is 7.56. The lowest BCUT2D eigenvalue weighted by Crippen LogP contribution is -1.92. The first kappa shape index (κ1) is 17.5. The third-order valence-corrected chi connectivity index (χ3v) is 6.52. The maximum absolute atomic E-state index is 3.81. The van der Waals surface area contributed by atoms with Crippen LogP contribution >= 0.6 is 15.9 Å². The smallest absolute Gasteiger partial charge is 0.0552 e. The molecule has 0 saturated carbocycles. The number of para-hydroxylation sites is 1. The van der Waals surface area contributed by atoms with Crippen LogP contribution in [0.2, 0.25) is 0 Å². The van der Waals surface area contributed by atoms with Crippen molar-refractivity contribution in [2.75, 3.05) is 0 Å². The van der Waals surface area contributed by atoms with Crippen LogP contribution in [0.5, 0.6) is 0 Å². The normalized spacial score (nSPS) is 11.5. The summed E-state index contributed by atoms with van der Waals surface area (Å²) in [5, 5.41) is 5.05. The number of halogens is 1. The quantitative estimate of drug-likeness (QED) is 0.251. The van der Waals surface area contributed by atoms with Gasteiger partial charge < -0.3 is 4.57 Å². The summed E-state index contributed by atoms with van der Waals surface area (Å²) in [5.41, 5.74) is 6.10. The summed E-state index contributed by atoms with van der Waals surface area (Å²) in [6.45, 7) is 0. The van der Waals surface area contributed by atoms with E-state index in [1.54, 1.807) is 0 Å². The molecule has 0 aliphatic carbocycles. The SMILES string of the molecule is Brc1cccc2c1c1cc(-c3cccc4ccccc34)ccc1n2-c1ccccc1. The number of aromatic nitrogens is 1. The summed E-state index contributed by atoms with van der Waals surface area (Å²) < 4.78 is 3.47. The zero-order valence-corrected chi connectivity index (χ0v) is 17.8. The van der Waals surface area contributed by atoms with Crippen LogP contribution in [0.1, 0.15) is 0 Å². The molecule has 30 heavy (non-hydrogen) atoms. The minimum absolute atomic E-state index is 1.12. The maximum atomic E-state index is 3.81. The molecular weight excluding hydrogens is 430 g/mol. The molecule has 2 heteroatoms. The molecule has 0 fully saturated rings. The molecular formula is C28H18BrN. The van der Waals surface area contributed by atoms with Crippen LogP contribution < -0.4 is 0 Å². The third kappa shape index (κ3) is 2.61. The van der Waals surface area contributed by atoms with Crippen molar-refractivity contribution in [1.82, 2.24) is 4.57 Å². The Labute approximate surface area is 183 Å². The molecule has 0 bridgehead atoms. The Morgan fingerprint density at radius 2 is 1.33 bits per heavy atom. The van der Waals surface area contributed by atoms with Gasteiger partial charge in [-0.2, -0.15) is 0 Å². The van der Waals surface area contributed by atoms with E-state index in [-0.39, 0.29) is 0 Å². The summed E-state index contributed by atoms with van der Waals surface area (Å²) in [7, 11) is 0. The van der Waals surface area contributed by atoms with Crippen LogP contribution in [0.15, 0.2) is 114 Å². The van der Waals surface area contributed by atoms with E-state index in [1.807, 2.05) is 0 Å². The molecule has 0 spiro atoms. The highest BCUT2D eigenvalue weighted by atomic mass is 79.9. The predicted molar refractivity (Wildman–Crippen MR) is 131 cm³/mol. The first-order valence-corrected chi connectivity index (χ1v) is 10.9. The van der Waals surface area contributed by atoms with Gasteiger partial charge in [-0.25, -0.2) is 0 Å². The topological polar surface area (TPSA) is 4.93 Å². The molecule has 142 valence electrons. The van der Waals surface area contributed by atoms with Gasteiger partial charge in [-0.3, -0.25) is 0 Å². The minimum atomic E-state index is 1.12. The van der Waals surface area contributed by atoms with E-state index in [9.17, 15) is 0 Å². The van der Waals surface area contributed by atoms with Crippen LogP contribution in [0.3, 0.4) is 0 Å². The van der Waals surface area contributed by atoms with Gasteiger partial charge in [-0.1, -0.05) is 88.7 Å². The number of rotatable bonds is 2. The van der Waals surface area contributed by atoms with Crippen LogP contribution in [0.25, 0.3) is 49.4 Å². The van der Waals surface area contributed by atoms with Crippen molar-refractivity contribution in [1.29, 1.82) is 0 Å². The largest absolute Gasteiger partial charge is 0.309 e. The van der Waals surface area contributed by atoms with E-state index >= 15 is 0 Å². The fourth-order valence-corrected chi connectivity index (χ4v) is 5.10. The first-order valence-electron chi connectivity index (χ1n) is 10.1. The van der Waals surface area contributed by atoms with Crippen molar-refractivity contribution in [2.45, 2.75) is 0 Å². The van der Waals surface area contributed by atoms with Gasteiger partial charge in [-0.05, 0) is 58.3 Å². The van der Waals surface area contributed by atoms with Crippen molar-refractivity contribution in [3.63, 3.8) is 0 Å². The van der Waals surface area contributed by atoms with Crippen LogP contribution in [-0.4, -0.2) is 4.57 Å². The molecule has 0 saturated heterocycles. The molecule has 1 heterocycles. The average molecular weight is 448 g/mol. The van der Waals surface area contributed by atoms with Crippen molar-refractivity contribution in [3.8, 4) is 16.8 Å². The van der Waals surface area contributed by atoms with E-state index in [0.717, 1.165) is 4.47 Å². The molecule has 5 aromatic carbocycles. The Morgan fingerprint density at radius 1 is 0.567 bits per heavy atom. The van der Waals surface area contributed by atoms with E-state index in [4.69, 9.17) is 0 Å². The van der Waals surface area contributed by atoms with Gasteiger partial charge in [0.05, 0.1) is 11.0 Å². The molecule has 0 amide bonds. The summed E-state index contributed by atoms with van der Waals surface area (Å²) in [6, 6.07) is 39.0. The summed E-state index contributed by atoms with van der Waals surface area (Å²) >= 11 is 3.81. The summed E-state index contributed by atoms with van der Waals surface area (Å²) in [5.74, 6) is 0. The Balaban J connectivity index is 1.71. The molecule has 0 unspecified atom stereocenters. The number of hydrogen-bond donors (Lipinski definition) is 0. The lowest BCUT2D eigenvalue weighted by atomic mass is 9.97. The Morgan fingerprint density at radius 3 is 2.23 bits per heavy atom. The van der Waals surface area contributed by atoms with Crippen molar-refractivity contribution < 1.29 is 0 Å². The molecule has 1 aromatic heterocycles. The third-order valence-electron chi connectivity index (χ3n) is 5.85. The lowest BCUT2D eigenvalue weighted by Gasteiger charge is -2.09. The van der Waals surface area contributed by atoms with Crippen molar-refractivity contribution in [2.24, 2.45) is 0 Å². The highest BCUT2D eigenvalue weighted by Crippen LogP contribution is 2.39. The molecule has 0 atom stereocenters. The fraction of sp³-hybridized carbons (Fsp3) is 0. The summed E-state index contributed by atoms with van der Waals surface area (Å²) in [4.78, 5) is 0. The number of nitrogens with zero attached hydrogens (tertiary/aromatic N) is 1. The van der Waals surface area contributed by atoms with Crippen molar-refractivity contribution >= 4 is 48.5 Å². The fourth-order valence-electron chi connectivity index (χ4n) is 4.53. The van der Waals surface area contributed by atoms with Gasteiger partial charge in [0.25, 0.3) is 0 Å². The van der Waals surface area contributed by atoms with Crippen LogP contribution in [0, 0.1) is 0 Å². The maximum Gasteiger partial charge on any atom is 0.0552 e. The van der Waals surface area contributed by atoms with Gasteiger partial charge in [0.1, 0.15) is 0 Å². The highest BCUT2D eigenvalue weighted by molar-refractivity contribution is 9.10. The van der Waals surface area contributed by atoms with Gasteiger partial charge in [0.15, 0.2) is 0 Å². The van der Waals surface area contributed by atoms with E-state index in [1.165, 1.54) is 49.4 Å². The summed E-state index contributed by atoms with van der Waals surface area (Å²) in [6.07, 6.45) is 0. The molecule has 0 aliphatic heterocycles. The molecule has 0 radical (unpaired) electrons. The lowest BCUT2D eigenvalue weighted by molar-refractivity contribution is 1.18. The monoisotopic (exact) mass is 447 g/mol. The van der Waals surface area contributed by atoms with Gasteiger partial charge in [0.2, 0.25) is 0 Å². The highest BCUT2D eigenvalue weighted by Gasteiger charge is 2.15. The average Bonchev–Trinajstić information content (AvgIpc) is 3.14. The Bertz CT molecular complexity index is 1540. The Kier molecular flexibility index (Phi) is 4.00. The van der Waals surface area contributed by atoms with Gasteiger partial charge in [0, 0.05) is 20.9 Å². The van der Waals surface area contributed by atoms with E-state index in [0.29, 0.717) is 0 Å². The molecule has 6 rings (SSSR count). The number of benzene rings is 5. The minimum Gasteiger partial charge on any atom is -0.309 e. The first-order chi connectivity index (χ1) is 14.8. The second kappa shape index (κ2) is 6.86. The molecule has 6 aromatic rings. The molecule has 0 N–H and O–H groups in total. The molecule has 0 aliphatic rings. The number of hydrogen-bond acceptors (Lipinski definition) is 0. The van der Waals surface area contributed by atoms with E-state index < -0.39 is 0 Å². The standard InChI is InChI=1S/C28H18BrN/c29-25-14-7-15-27-28(25)24-18-20(23-13-6-9-19-8-4-5-12-22(19)23)16-17-26(24)30(27)21-10-2-1-3-11-21/h1-18H. The zero-order chi connectivity index (χ0) is 20.1. The van der Waals surface area contributed by atoms with E-state index in [2.05, 4.69) is 130 Å². The Hall–Kier alpha value is -3.36. The zero-order valence-electron chi connectivity index (χ0n) is 16.2.